The van der Waals surface area contributed by atoms with Crippen LogP contribution in [0.5, 0.6) is 0 Å². The zero-order valence-electron chi connectivity index (χ0n) is 9.35. The Morgan fingerprint density at radius 1 is 1.35 bits per heavy atom. The van der Waals surface area contributed by atoms with Crippen molar-refractivity contribution in [1.82, 2.24) is 0 Å². The van der Waals surface area contributed by atoms with Crippen molar-refractivity contribution in [3.05, 3.63) is 42.5 Å². The number of carbonyl (C=O) groups excluding carboxylic acids is 2. The Morgan fingerprint density at radius 3 is 2.41 bits per heavy atom. The second-order valence-electron chi connectivity index (χ2n) is 3.56. The number of hydrogen-bond donors (Lipinski definition) is 3. The summed E-state index contributed by atoms with van der Waals surface area (Å²) in [6.07, 6.45) is 1.99. The monoisotopic (exact) mass is 233 g/mol. The third kappa shape index (κ3) is 3.73. The van der Waals surface area contributed by atoms with Gasteiger partial charge in [-0.25, -0.2) is 0 Å². The van der Waals surface area contributed by atoms with Gasteiger partial charge in [-0.1, -0.05) is 6.08 Å². The zero-order valence-corrected chi connectivity index (χ0v) is 9.35. The van der Waals surface area contributed by atoms with Crippen LogP contribution in [0.3, 0.4) is 0 Å². The van der Waals surface area contributed by atoms with Crippen molar-refractivity contribution in [3.8, 4) is 0 Å². The average molecular weight is 233 g/mol. The van der Waals surface area contributed by atoms with Gasteiger partial charge in [-0.15, -0.1) is 6.58 Å². The molecular weight excluding hydrogens is 218 g/mol. The van der Waals surface area contributed by atoms with E-state index in [1.807, 2.05) is 0 Å². The second-order valence-corrected chi connectivity index (χ2v) is 3.56. The quantitative estimate of drug-likeness (QED) is 0.650. The molecule has 0 aliphatic heterocycles. The SMILES string of the molecule is C=CCC(N)C(=O)Nc1ccc(C(N)=O)cc1. The van der Waals surface area contributed by atoms with Gasteiger partial charge in [0.25, 0.3) is 0 Å². The van der Waals surface area contributed by atoms with Gasteiger partial charge in [0.2, 0.25) is 11.8 Å². The maximum atomic E-state index is 11.5. The number of primary amides is 1. The van der Waals surface area contributed by atoms with Gasteiger partial charge in [0.05, 0.1) is 6.04 Å². The van der Waals surface area contributed by atoms with E-state index in [0.29, 0.717) is 17.7 Å². The molecule has 0 saturated carbocycles. The number of nitrogens with two attached hydrogens (primary N) is 2. The lowest BCUT2D eigenvalue weighted by Gasteiger charge is -2.10. The first-order chi connectivity index (χ1) is 8.04. The fourth-order valence-electron chi connectivity index (χ4n) is 1.24. The molecule has 0 spiro atoms. The first-order valence-electron chi connectivity index (χ1n) is 5.12. The summed E-state index contributed by atoms with van der Waals surface area (Å²) < 4.78 is 0. The van der Waals surface area contributed by atoms with Crippen molar-refractivity contribution in [2.24, 2.45) is 11.5 Å². The zero-order chi connectivity index (χ0) is 12.8. The highest BCUT2D eigenvalue weighted by Crippen LogP contribution is 2.09. The van der Waals surface area contributed by atoms with Gasteiger partial charge in [0.15, 0.2) is 0 Å². The molecule has 5 nitrogen and oxygen atoms in total. The van der Waals surface area contributed by atoms with Crippen LogP contribution >= 0.6 is 0 Å². The summed E-state index contributed by atoms with van der Waals surface area (Å²) in [6.45, 7) is 3.51. The van der Waals surface area contributed by atoms with Gasteiger partial charge < -0.3 is 16.8 Å². The molecule has 1 unspecified atom stereocenters. The topological polar surface area (TPSA) is 98.2 Å². The molecule has 5 heteroatoms. The number of rotatable bonds is 5. The molecule has 2 amide bonds. The molecule has 90 valence electrons. The molecule has 0 radical (unpaired) electrons. The summed E-state index contributed by atoms with van der Waals surface area (Å²) >= 11 is 0. The number of carbonyl (C=O) groups is 2. The molecule has 0 aliphatic carbocycles. The molecule has 0 aliphatic rings. The van der Waals surface area contributed by atoms with Crippen LogP contribution < -0.4 is 16.8 Å². The van der Waals surface area contributed by atoms with Gasteiger partial charge in [-0.2, -0.15) is 0 Å². The highest BCUT2D eigenvalue weighted by atomic mass is 16.2. The lowest BCUT2D eigenvalue weighted by atomic mass is 10.1. The van der Waals surface area contributed by atoms with E-state index >= 15 is 0 Å². The average Bonchev–Trinajstić information content (AvgIpc) is 2.30. The summed E-state index contributed by atoms with van der Waals surface area (Å²) in [7, 11) is 0. The lowest BCUT2D eigenvalue weighted by molar-refractivity contribution is -0.117. The van der Waals surface area contributed by atoms with Crippen molar-refractivity contribution >= 4 is 17.5 Å². The van der Waals surface area contributed by atoms with Crippen LogP contribution in [-0.4, -0.2) is 17.9 Å². The third-order valence-corrected chi connectivity index (χ3v) is 2.19. The van der Waals surface area contributed by atoms with E-state index in [1.54, 1.807) is 18.2 Å². The highest BCUT2D eigenvalue weighted by Gasteiger charge is 2.11. The molecule has 0 fully saturated rings. The Morgan fingerprint density at radius 2 is 1.94 bits per heavy atom. The molecule has 1 atom stereocenters. The summed E-state index contributed by atoms with van der Waals surface area (Å²) in [6, 6.07) is 5.65. The van der Waals surface area contributed by atoms with Gasteiger partial charge in [-0.05, 0) is 30.7 Å². The Hall–Kier alpha value is -2.14. The molecule has 0 saturated heterocycles. The summed E-state index contributed by atoms with van der Waals surface area (Å²) in [4.78, 5) is 22.4. The molecular formula is C12H15N3O2. The van der Waals surface area contributed by atoms with Crippen LogP contribution in [0.15, 0.2) is 36.9 Å². The molecule has 1 rings (SSSR count). The number of anilines is 1. The van der Waals surface area contributed by atoms with E-state index in [0.717, 1.165) is 0 Å². The normalized spacial score (nSPS) is 11.6. The van der Waals surface area contributed by atoms with E-state index in [4.69, 9.17) is 11.5 Å². The van der Waals surface area contributed by atoms with Crippen LogP contribution in [0, 0.1) is 0 Å². The fourth-order valence-corrected chi connectivity index (χ4v) is 1.24. The summed E-state index contributed by atoms with van der Waals surface area (Å²) in [5.41, 5.74) is 11.6. The number of nitrogens with one attached hydrogen (secondary N) is 1. The van der Waals surface area contributed by atoms with Gasteiger partial charge in [-0.3, -0.25) is 9.59 Å². The minimum Gasteiger partial charge on any atom is -0.366 e. The van der Waals surface area contributed by atoms with Crippen LogP contribution in [0.1, 0.15) is 16.8 Å². The van der Waals surface area contributed by atoms with Crippen molar-refractivity contribution in [2.75, 3.05) is 5.32 Å². The predicted octanol–water partition coefficient (Wildman–Crippen LogP) is 0.627. The van der Waals surface area contributed by atoms with Crippen LogP contribution in [-0.2, 0) is 4.79 Å². The van der Waals surface area contributed by atoms with E-state index in [2.05, 4.69) is 11.9 Å². The maximum absolute atomic E-state index is 11.5. The lowest BCUT2D eigenvalue weighted by Crippen LogP contribution is -2.35. The molecule has 0 heterocycles. The number of hydrogen-bond acceptors (Lipinski definition) is 3. The Bertz CT molecular complexity index is 426. The van der Waals surface area contributed by atoms with Crippen molar-refractivity contribution in [3.63, 3.8) is 0 Å². The number of amides is 2. The summed E-state index contributed by atoms with van der Waals surface area (Å²) in [5, 5.41) is 2.63. The van der Waals surface area contributed by atoms with Crippen LogP contribution in [0.25, 0.3) is 0 Å². The minimum atomic E-state index is -0.622. The van der Waals surface area contributed by atoms with Gasteiger partial charge in [0, 0.05) is 11.3 Å². The Labute approximate surface area is 99.5 Å². The van der Waals surface area contributed by atoms with Gasteiger partial charge in [0.1, 0.15) is 0 Å². The largest absolute Gasteiger partial charge is 0.366 e. The van der Waals surface area contributed by atoms with Crippen LogP contribution in [0.4, 0.5) is 5.69 Å². The molecule has 5 N–H and O–H groups in total. The molecule has 1 aromatic rings. The smallest absolute Gasteiger partial charge is 0.248 e. The standard InChI is InChI=1S/C12H15N3O2/c1-2-3-10(13)12(17)15-9-6-4-8(5-7-9)11(14)16/h2,4-7,10H,1,3,13H2,(H2,14,16)(H,15,17). The second kappa shape index (κ2) is 5.81. The van der Waals surface area contributed by atoms with Crippen molar-refractivity contribution in [1.29, 1.82) is 0 Å². The predicted molar refractivity (Wildman–Crippen MR) is 66.4 cm³/mol. The van der Waals surface area contributed by atoms with E-state index in [9.17, 15) is 9.59 Å². The molecule has 0 aromatic heterocycles. The molecule has 0 bridgehead atoms. The molecule has 1 aromatic carbocycles. The first kappa shape index (κ1) is 12.9. The highest BCUT2D eigenvalue weighted by molar-refractivity contribution is 5.96. The van der Waals surface area contributed by atoms with Crippen molar-refractivity contribution < 1.29 is 9.59 Å². The first-order valence-corrected chi connectivity index (χ1v) is 5.12. The maximum Gasteiger partial charge on any atom is 0.248 e. The van der Waals surface area contributed by atoms with Crippen LogP contribution in [0.2, 0.25) is 0 Å². The van der Waals surface area contributed by atoms with E-state index < -0.39 is 11.9 Å². The summed E-state index contributed by atoms with van der Waals surface area (Å²) in [5.74, 6) is -0.803. The van der Waals surface area contributed by atoms with Crippen molar-refractivity contribution in [2.45, 2.75) is 12.5 Å². The Balaban J connectivity index is 2.66. The Kier molecular flexibility index (Phi) is 4.42. The van der Waals surface area contributed by atoms with Gasteiger partial charge >= 0.3 is 0 Å². The number of benzene rings is 1. The minimum absolute atomic E-state index is 0.295. The fraction of sp³-hybridized carbons (Fsp3) is 0.167. The van der Waals surface area contributed by atoms with E-state index in [1.165, 1.54) is 12.1 Å². The molecule has 17 heavy (non-hydrogen) atoms. The van der Waals surface area contributed by atoms with E-state index in [-0.39, 0.29) is 5.91 Å². The third-order valence-electron chi connectivity index (χ3n) is 2.19.